The van der Waals surface area contributed by atoms with E-state index in [1.165, 1.54) is 6.33 Å². The molecule has 0 spiro atoms. The van der Waals surface area contributed by atoms with Crippen molar-refractivity contribution in [2.24, 2.45) is 0 Å². The van der Waals surface area contributed by atoms with Crippen LogP contribution in [0.15, 0.2) is 30.6 Å². The Bertz CT molecular complexity index is 533. The third kappa shape index (κ3) is 3.16. The molecule has 0 saturated carbocycles. The lowest BCUT2D eigenvalue weighted by Crippen LogP contribution is -2.11. The van der Waals surface area contributed by atoms with Gasteiger partial charge < -0.3 is 0 Å². The van der Waals surface area contributed by atoms with Crippen molar-refractivity contribution in [3.63, 3.8) is 0 Å². The monoisotopic (exact) mass is 355 g/mol. The van der Waals surface area contributed by atoms with Crippen LogP contribution in [0.5, 0.6) is 0 Å². The summed E-state index contributed by atoms with van der Waals surface area (Å²) in [7, 11) is 0. The molecule has 0 bridgehead atoms. The normalized spacial score (nSPS) is 10.6. The number of hydrogen-bond donors (Lipinski definition) is 0. The van der Waals surface area contributed by atoms with Gasteiger partial charge in [-0.15, -0.1) is 0 Å². The largest absolute Gasteiger partial charge is 0.294 e. The number of halogens is 1. The van der Waals surface area contributed by atoms with Crippen molar-refractivity contribution in [2.45, 2.75) is 26.3 Å². The molecule has 4 nitrogen and oxygen atoms in total. The van der Waals surface area contributed by atoms with Gasteiger partial charge in [0.1, 0.15) is 12.2 Å². The molecule has 0 unspecified atom stereocenters. The number of aryl methyl sites for hydroxylation is 1. The molecule has 94 valence electrons. The maximum Gasteiger partial charge on any atom is 0.170 e. The average molecular weight is 355 g/mol. The zero-order chi connectivity index (χ0) is 13.0. The van der Waals surface area contributed by atoms with E-state index in [1.807, 2.05) is 24.3 Å². The SMILES string of the molecule is CCCn1ncnc1CC(=O)c1ccc(I)cc1. The van der Waals surface area contributed by atoms with Gasteiger partial charge in [-0.2, -0.15) is 5.10 Å². The van der Waals surface area contributed by atoms with E-state index in [-0.39, 0.29) is 5.78 Å². The lowest BCUT2D eigenvalue weighted by molar-refractivity contribution is 0.0989. The molecular weight excluding hydrogens is 341 g/mol. The number of carbonyl (C=O) groups is 1. The number of carbonyl (C=O) groups excluding carboxylic acids is 1. The fraction of sp³-hybridized carbons (Fsp3) is 0.308. The molecule has 1 heterocycles. The third-order valence-corrected chi connectivity index (χ3v) is 3.34. The van der Waals surface area contributed by atoms with Crippen LogP contribution in [0.25, 0.3) is 0 Å². The summed E-state index contributed by atoms with van der Waals surface area (Å²) in [6.07, 6.45) is 2.79. The molecule has 5 heteroatoms. The molecular formula is C13H14IN3O. The first-order valence-electron chi connectivity index (χ1n) is 5.86. The van der Waals surface area contributed by atoms with Gasteiger partial charge in [-0.25, -0.2) is 9.67 Å². The summed E-state index contributed by atoms with van der Waals surface area (Å²) in [5.41, 5.74) is 0.724. The topological polar surface area (TPSA) is 47.8 Å². The first kappa shape index (κ1) is 13.2. The van der Waals surface area contributed by atoms with Crippen LogP contribution >= 0.6 is 22.6 Å². The fourth-order valence-electron chi connectivity index (χ4n) is 1.71. The molecule has 0 aliphatic carbocycles. The van der Waals surface area contributed by atoms with Crippen molar-refractivity contribution in [2.75, 3.05) is 0 Å². The van der Waals surface area contributed by atoms with Gasteiger partial charge in [0.25, 0.3) is 0 Å². The number of aromatic nitrogens is 3. The van der Waals surface area contributed by atoms with E-state index in [2.05, 4.69) is 39.6 Å². The molecule has 0 aliphatic heterocycles. The van der Waals surface area contributed by atoms with Crippen LogP contribution in [0.4, 0.5) is 0 Å². The first-order chi connectivity index (χ1) is 8.70. The van der Waals surface area contributed by atoms with E-state index in [9.17, 15) is 4.79 Å². The number of nitrogens with zero attached hydrogens (tertiary/aromatic N) is 3. The Morgan fingerprint density at radius 2 is 2.06 bits per heavy atom. The molecule has 1 aromatic carbocycles. The minimum Gasteiger partial charge on any atom is -0.294 e. The second-order valence-corrected chi connectivity index (χ2v) is 5.25. The lowest BCUT2D eigenvalue weighted by atomic mass is 10.1. The Kier molecular flexibility index (Phi) is 4.46. The smallest absolute Gasteiger partial charge is 0.170 e. The summed E-state index contributed by atoms with van der Waals surface area (Å²) in [6.45, 7) is 2.88. The van der Waals surface area contributed by atoms with Crippen molar-refractivity contribution < 1.29 is 4.79 Å². The van der Waals surface area contributed by atoms with Gasteiger partial charge in [0.05, 0.1) is 6.42 Å². The van der Waals surface area contributed by atoms with Crippen LogP contribution in [0, 0.1) is 3.57 Å². The van der Waals surface area contributed by atoms with Crippen LogP contribution in [0.3, 0.4) is 0 Å². The summed E-state index contributed by atoms with van der Waals surface area (Å²) in [4.78, 5) is 16.2. The number of rotatable bonds is 5. The van der Waals surface area contributed by atoms with Crippen molar-refractivity contribution in [3.05, 3.63) is 45.6 Å². The zero-order valence-corrected chi connectivity index (χ0v) is 12.3. The van der Waals surface area contributed by atoms with Gasteiger partial charge in [0.2, 0.25) is 0 Å². The molecule has 2 aromatic rings. The molecule has 1 aromatic heterocycles. The maximum atomic E-state index is 12.1. The molecule has 0 radical (unpaired) electrons. The van der Waals surface area contributed by atoms with Crippen molar-refractivity contribution in [1.82, 2.24) is 14.8 Å². The second-order valence-electron chi connectivity index (χ2n) is 4.01. The average Bonchev–Trinajstić information content (AvgIpc) is 2.78. The number of ketones is 1. The highest BCUT2D eigenvalue weighted by Gasteiger charge is 2.11. The van der Waals surface area contributed by atoms with Crippen molar-refractivity contribution in [3.8, 4) is 0 Å². The quantitative estimate of drug-likeness (QED) is 0.612. The summed E-state index contributed by atoms with van der Waals surface area (Å²) in [6, 6.07) is 7.57. The minimum atomic E-state index is 0.0803. The second kappa shape index (κ2) is 6.08. The van der Waals surface area contributed by atoms with E-state index in [0.717, 1.165) is 27.9 Å². The molecule has 0 N–H and O–H groups in total. The highest BCUT2D eigenvalue weighted by molar-refractivity contribution is 14.1. The Balaban J connectivity index is 2.11. The van der Waals surface area contributed by atoms with Gasteiger partial charge >= 0.3 is 0 Å². The summed E-state index contributed by atoms with van der Waals surface area (Å²) < 4.78 is 2.92. The summed E-state index contributed by atoms with van der Waals surface area (Å²) in [5.74, 6) is 0.817. The Labute approximate surface area is 120 Å². The number of benzene rings is 1. The first-order valence-corrected chi connectivity index (χ1v) is 6.94. The molecule has 0 aliphatic rings. The Morgan fingerprint density at radius 1 is 1.33 bits per heavy atom. The Hall–Kier alpha value is -1.24. The van der Waals surface area contributed by atoms with E-state index < -0.39 is 0 Å². The van der Waals surface area contributed by atoms with Gasteiger partial charge in [-0.05, 0) is 41.1 Å². The molecule has 18 heavy (non-hydrogen) atoms. The summed E-state index contributed by atoms with van der Waals surface area (Å²) >= 11 is 2.22. The third-order valence-electron chi connectivity index (χ3n) is 2.62. The van der Waals surface area contributed by atoms with Crippen LogP contribution in [0.2, 0.25) is 0 Å². The number of Topliss-reactive ketones (excluding diaryl/α,β-unsaturated/α-hetero) is 1. The van der Waals surface area contributed by atoms with Crippen LogP contribution < -0.4 is 0 Å². The van der Waals surface area contributed by atoms with Crippen molar-refractivity contribution >= 4 is 28.4 Å². The zero-order valence-electron chi connectivity index (χ0n) is 10.1. The number of hydrogen-bond acceptors (Lipinski definition) is 3. The van der Waals surface area contributed by atoms with E-state index in [0.29, 0.717) is 6.42 Å². The van der Waals surface area contributed by atoms with Crippen LogP contribution in [0.1, 0.15) is 29.5 Å². The van der Waals surface area contributed by atoms with E-state index in [1.54, 1.807) is 4.68 Å². The van der Waals surface area contributed by atoms with Crippen LogP contribution in [-0.4, -0.2) is 20.5 Å². The molecule has 0 saturated heterocycles. The van der Waals surface area contributed by atoms with Gasteiger partial charge in [0.15, 0.2) is 5.78 Å². The van der Waals surface area contributed by atoms with Crippen LogP contribution in [-0.2, 0) is 13.0 Å². The highest BCUT2D eigenvalue weighted by atomic mass is 127. The van der Waals surface area contributed by atoms with E-state index >= 15 is 0 Å². The van der Waals surface area contributed by atoms with Crippen molar-refractivity contribution in [1.29, 1.82) is 0 Å². The minimum absolute atomic E-state index is 0.0803. The predicted molar refractivity (Wildman–Crippen MR) is 77.5 cm³/mol. The maximum absolute atomic E-state index is 12.1. The van der Waals surface area contributed by atoms with Gasteiger partial charge in [-0.3, -0.25) is 4.79 Å². The summed E-state index contributed by atoms with van der Waals surface area (Å²) in [5, 5.41) is 4.12. The fourth-order valence-corrected chi connectivity index (χ4v) is 2.06. The molecule has 0 amide bonds. The van der Waals surface area contributed by atoms with E-state index in [4.69, 9.17) is 0 Å². The molecule has 2 rings (SSSR count). The molecule has 0 atom stereocenters. The van der Waals surface area contributed by atoms with Gasteiger partial charge in [0, 0.05) is 15.7 Å². The Morgan fingerprint density at radius 3 is 2.72 bits per heavy atom. The molecule has 0 fully saturated rings. The lowest BCUT2D eigenvalue weighted by Gasteiger charge is -2.04. The van der Waals surface area contributed by atoms with Gasteiger partial charge in [-0.1, -0.05) is 19.1 Å². The standard InChI is InChI=1S/C13H14IN3O/c1-2-7-17-13(15-9-16-17)8-12(18)10-3-5-11(14)6-4-10/h3-6,9H,2,7-8H2,1H3. The predicted octanol–water partition coefficient (Wildman–Crippen LogP) is 2.72. The highest BCUT2D eigenvalue weighted by Crippen LogP contribution is 2.09.